The number of fused-ring (bicyclic) bond motifs is 2. The van der Waals surface area contributed by atoms with Crippen molar-refractivity contribution in [1.29, 1.82) is 0 Å². The molecule has 1 aliphatic carbocycles. The molecule has 2 aliphatic rings. The molecule has 52 valence electrons. The lowest BCUT2D eigenvalue weighted by atomic mass is 10.1. The van der Waals surface area contributed by atoms with Crippen molar-refractivity contribution in [3.8, 4) is 0 Å². The van der Waals surface area contributed by atoms with E-state index in [9.17, 15) is 5.11 Å². The second-order valence-electron chi connectivity index (χ2n) is 3.05. The van der Waals surface area contributed by atoms with Crippen LogP contribution >= 0.6 is 22.9 Å². The molecule has 0 amide bonds. The summed E-state index contributed by atoms with van der Waals surface area (Å²) in [5.74, 6) is 0.793. The van der Waals surface area contributed by atoms with E-state index >= 15 is 0 Å². The number of hydrogen-bond donors (Lipinski definition) is 1. The highest BCUT2D eigenvalue weighted by molar-refractivity contribution is 14.1. The molecule has 1 saturated heterocycles. The van der Waals surface area contributed by atoms with Crippen LogP contribution in [-0.2, 0) is 0 Å². The normalized spacial score (nSPS) is 50.7. The molecule has 2 bridgehead atoms. The van der Waals surface area contributed by atoms with Crippen LogP contribution in [0.1, 0.15) is 12.8 Å². The molecule has 1 N–H and O–H groups in total. The number of rotatable bonds is 0. The van der Waals surface area contributed by atoms with Crippen LogP contribution in [0.25, 0.3) is 0 Å². The first kappa shape index (κ1) is 6.37. The Hall–Kier alpha value is 0.650. The molecule has 1 heterocycles. The second kappa shape index (κ2) is 2.07. The molecule has 3 unspecified atom stereocenters. The predicted octanol–water partition coefficient (Wildman–Crippen LogP) is 0.792. The fraction of sp³-hybridized carbons (Fsp3) is 1.00. The molecular weight excluding hydrogens is 229 g/mol. The maximum atomic E-state index is 9.34. The van der Waals surface area contributed by atoms with Crippen molar-refractivity contribution in [1.82, 2.24) is 3.11 Å². The van der Waals surface area contributed by atoms with Crippen molar-refractivity contribution in [2.24, 2.45) is 5.92 Å². The number of halogens is 1. The highest BCUT2D eigenvalue weighted by Gasteiger charge is 2.43. The Morgan fingerprint density at radius 1 is 1.44 bits per heavy atom. The van der Waals surface area contributed by atoms with Gasteiger partial charge < -0.3 is 5.11 Å². The number of aliphatic hydroxyl groups excluding tert-OH is 1. The lowest BCUT2D eigenvalue weighted by molar-refractivity contribution is 0.108. The SMILES string of the molecule is OC1CC2CC1N(I)C2. The van der Waals surface area contributed by atoms with Gasteiger partial charge in [0.25, 0.3) is 0 Å². The summed E-state index contributed by atoms with van der Waals surface area (Å²) in [6, 6.07) is 0.482. The molecule has 0 radical (unpaired) electrons. The summed E-state index contributed by atoms with van der Waals surface area (Å²) in [6.45, 7) is 1.20. The average molecular weight is 239 g/mol. The third-order valence-electron chi connectivity index (χ3n) is 2.39. The van der Waals surface area contributed by atoms with Gasteiger partial charge in [-0.05, 0) is 18.8 Å². The second-order valence-corrected chi connectivity index (χ2v) is 4.29. The van der Waals surface area contributed by atoms with Gasteiger partial charge >= 0.3 is 0 Å². The van der Waals surface area contributed by atoms with Crippen molar-refractivity contribution in [3.63, 3.8) is 0 Å². The highest BCUT2D eigenvalue weighted by atomic mass is 127. The topological polar surface area (TPSA) is 23.5 Å². The molecule has 2 fully saturated rings. The summed E-state index contributed by atoms with van der Waals surface area (Å²) in [7, 11) is 0. The first-order chi connectivity index (χ1) is 4.27. The van der Waals surface area contributed by atoms with Gasteiger partial charge in [0.1, 0.15) is 0 Å². The maximum Gasteiger partial charge on any atom is 0.0706 e. The Kier molecular flexibility index (Phi) is 1.46. The van der Waals surface area contributed by atoms with Crippen LogP contribution in [0.4, 0.5) is 0 Å². The lowest BCUT2D eigenvalue weighted by Gasteiger charge is -2.23. The van der Waals surface area contributed by atoms with Gasteiger partial charge in [-0.3, -0.25) is 0 Å². The molecule has 0 spiro atoms. The van der Waals surface area contributed by atoms with Crippen LogP contribution in [0.5, 0.6) is 0 Å². The molecule has 0 aromatic heterocycles. The minimum absolute atomic E-state index is 0.0272. The van der Waals surface area contributed by atoms with Crippen molar-refractivity contribution >= 4 is 22.9 Å². The average Bonchev–Trinajstić information content (AvgIpc) is 2.22. The summed E-state index contributed by atoms with van der Waals surface area (Å²) >= 11 is 2.31. The van der Waals surface area contributed by atoms with E-state index in [2.05, 4.69) is 26.0 Å². The first-order valence-corrected chi connectivity index (χ1v) is 4.34. The first-order valence-electron chi connectivity index (χ1n) is 3.38. The summed E-state index contributed by atoms with van der Waals surface area (Å²) in [5, 5.41) is 9.34. The van der Waals surface area contributed by atoms with Gasteiger partial charge in [-0.1, -0.05) is 0 Å². The third kappa shape index (κ3) is 0.897. The van der Waals surface area contributed by atoms with Gasteiger partial charge in [-0.25, -0.2) is 3.11 Å². The Balaban J connectivity index is 2.13. The predicted molar refractivity (Wildman–Crippen MR) is 43.2 cm³/mol. The van der Waals surface area contributed by atoms with Gasteiger partial charge in [0.15, 0.2) is 0 Å². The standard InChI is InChI=1S/C6H10INO/c7-8-3-4-1-5(8)6(9)2-4/h4-6,9H,1-3H2. The van der Waals surface area contributed by atoms with Crippen molar-refractivity contribution < 1.29 is 5.11 Å². The summed E-state index contributed by atoms with van der Waals surface area (Å²) in [6.07, 6.45) is 2.24. The lowest BCUT2D eigenvalue weighted by Crippen LogP contribution is -2.34. The fourth-order valence-electron chi connectivity index (χ4n) is 1.93. The smallest absolute Gasteiger partial charge is 0.0706 e. The third-order valence-corrected chi connectivity index (χ3v) is 3.50. The molecule has 2 rings (SSSR count). The Bertz CT molecular complexity index is 118. The van der Waals surface area contributed by atoms with Crippen LogP contribution in [-0.4, -0.2) is 26.9 Å². The molecule has 2 nitrogen and oxygen atoms in total. The minimum atomic E-state index is -0.0272. The molecular formula is C6H10INO. The quantitative estimate of drug-likeness (QED) is 0.499. The number of aliphatic hydroxyl groups is 1. The van der Waals surface area contributed by atoms with Gasteiger partial charge in [0.2, 0.25) is 0 Å². The summed E-state index contributed by atoms with van der Waals surface area (Å²) < 4.78 is 2.25. The molecule has 0 aromatic rings. The van der Waals surface area contributed by atoms with Crippen LogP contribution in [0, 0.1) is 5.92 Å². The Morgan fingerprint density at radius 3 is 2.56 bits per heavy atom. The van der Waals surface area contributed by atoms with E-state index in [4.69, 9.17) is 0 Å². The molecule has 9 heavy (non-hydrogen) atoms. The maximum absolute atomic E-state index is 9.34. The van der Waals surface area contributed by atoms with Crippen LogP contribution < -0.4 is 0 Å². The zero-order valence-corrected chi connectivity index (χ0v) is 7.28. The van der Waals surface area contributed by atoms with Crippen molar-refractivity contribution in [3.05, 3.63) is 0 Å². The molecule has 1 aliphatic heterocycles. The van der Waals surface area contributed by atoms with Crippen molar-refractivity contribution in [2.75, 3.05) is 6.54 Å². The van der Waals surface area contributed by atoms with E-state index in [1.807, 2.05) is 0 Å². The minimum Gasteiger partial charge on any atom is -0.391 e. The number of piperidine rings is 1. The Morgan fingerprint density at radius 2 is 2.22 bits per heavy atom. The molecule has 1 saturated carbocycles. The van der Waals surface area contributed by atoms with E-state index in [1.54, 1.807) is 0 Å². The zero-order valence-electron chi connectivity index (χ0n) is 5.13. The van der Waals surface area contributed by atoms with E-state index in [-0.39, 0.29) is 6.10 Å². The van der Waals surface area contributed by atoms with Gasteiger partial charge in [-0.15, -0.1) is 0 Å². The highest BCUT2D eigenvalue weighted by Crippen LogP contribution is 2.39. The number of nitrogens with zero attached hydrogens (tertiary/aromatic N) is 1. The van der Waals surface area contributed by atoms with E-state index in [0.717, 1.165) is 12.3 Å². The monoisotopic (exact) mass is 239 g/mol. The molecule has 3 atom stereocenters. The van der Waals surface area contributed by atoms with Gasteiger partial charge in [0.05, 0.1) is 6.10 Å². The van der Waals surface area contributed by atoms with E-state index in [0.29, 0.717) is 6.04 Å². The van der Waals surface area contributed by atoms with Crippen molar-refractivity contribution in [2.45, 2.75) is 25.0 Å². The molecule has 0 aromatic carbocycles. The van der Waals surface area contributed by atoms with E-state index < -0.39 is 0 Å². The zero-order chi connectivity index (χ0) is 6.43. The largest absolute Gasteiger partial charge is 0.391 e. The molecule has 3 heteroatoms. The Labute approximate surface area is 68.7 Å². The summed E-state index contributed by atoms with van der Waals surface area (Å²) in [5.41, 5.74) is 0. The number of hydrogen-bond acceptors (Lipinski definition) is 2. The van der Waals surface area contributed by atoms with Crippen LogP contribution in [0.3, 0.4) is 0 Å². The van der Waals surface area contributed by atoms with Gasteiger partial charge in [0, 0.05) is 35.5 Å². The van der Waals surface area contributed by atoms with Crippen LogP contribution in [0.15, 0.2) is 0 Å². The summed E-state index contributed by atoms with van der Waals surface area (Å²) in [4.78, 5) is 0. The van der Waals surface area contributed by atoms with Gasteiger partial charge in [-0.2, -0.15) is 0 Å². The fourth-order valence-corrected chi connectivity index (χ4v) is 3.08. The van der Waals surface area contributed by atoms with E-state index in [1.165, 1.54) is 13.0 Å². The van der Waals surface area contributed by atoms with Crippen LogP contribution in [0.2, 0.25) is 0 Å².